The molecule has 1 rings (SSSR count). The molecule has 15 heavy (non-hydrogen) atoms. The van der Waals surface area contributed by atoms with E-state index in [0.29, 0.717) is 13.0 Å². The number of nitrogens with one attached hydrogen (secondary N) is 1. The number of pyridine rings is 1. The van der Waals surface area contributed by atoms with Crippen molar-refractivity contribution in [3.8, 4) is 0 Å². The van der Waals surface area contributed by atoms with Crippen molar-refractivity contribution in [3.63, 3.8) is 0 Å². The predicted octanol–water partition coefficient (Wildman–Crippen LogP) is 0.825. The maximum absolute atomic E-state index is 11.4. The van der Waals surface area contributed by atoms with Gasteiger partial charge >= 0.3 is 0 Å². The zero-order valence-electron chi connectivity index (χ0n) is 8.94. The Kier molecular flexibility index (Phi) is 4.77. The molecule has 82 valence electrons. The van der Waals surface area contributed by atoms with Gasteiger partial charge in [0.15, 0.2) is 0 Å². The van der Waals surface area contributed by atoms with Crippen molar-refractivity contribution in [3.05, 3.63) is 30.1 Å². The zero-order chi connectivity index (χ0) is 11.1. The largest absolute Gasteiger partial charge is 0.349 e. The van der Waals surface area contributed by atoms with Gasteiger partial charge in [-0.2, -0.15) is 0 Å². The number of nitrogens with zero attached hydrogens (tertiary/aromatic N) is 1. The number of hydrogen-bond acceptors (Lipinski definition) is 3. The van der Waals surface area contributed by atoms with Crippen LogP contribution in [0.4, 0.5) is 0 Å². The summed E-state index contributed by atoms with van der Waals surface area (Å²) in [7, 11) is 0. The van der Waals surface area contributed by atoms with Gasteiger partial charge in [-0.15, -0.1) is 0 Å². The van der Waals surface area contributed by atoms with E-state index in [1.54, 1.807) is 6.20 Å². The number of amides is 1. The van der Waals surface area contributed by atoms with Gasteiger partial charge in [-0.05, 0) is 18.6 Å². The third-order valence-corrected chi connectivity index (χ3v) is 2.11. The molecule has 0 aliphatic rings. The second kappa shape index (κ2) is 6.14. The van der Waals surface area contributed by atoms with Gasteiger partial charge in [0, 0.05) is 6.20 Å². The molecule has 1 amide bonds. The maximum atomic E-state index is 11.4. The minimum Gasteiger partial charge on any atom is -0.349 e. The highest BCUT2D eigenvalue weighted by Gasteiger charge is 2.11. The van der Waals surface area contributed by atoms with Gasteiger partial charge < -0.3 is 11.1 Å². The lowest BCUT2D eigenvalue weighted by Gasteiger charge is -2.10. The van der Waals surface area contributed by atoms with Crippen LogP contribution in [-0.4, -0.2) is 16.9 Å². The Bertz CT molecular complexity index is 300. The Hall–Kier alpha value is -1.42. The average Bonchev–Trinajstić information content (AvgIpc) is 2.27. The zero-order valence-corrected chi connectivity index (χ0v) is 8.94. The van der Waals surface area contributed by atoms with Crippen LogP contribution >= 0.6 is 0 Å². The van der Waals surface area contributed by atoms with Crippen molar-refractivity contribution >= 4 is 5.91 Å². The van der Waals surface area contributed by atoms with Crippen molar-refractivity contribution in [2.45, 2.75) is 32.4 Å². The SMILES string of the molecule is CCCC(N)C(=O)NCc1ccccn1. The van der Waals surface area contributed by atoms with Crippen LogP contribution in [0.2, 0.25) is 0 Å². The first-order valence-electron chi connectivity index (χ1n) is 5.17. The lowest BCUT2D eigenvalue weighted by molar-refractivity contribution is -0.122. The van der Waals surface area contributed by atoms with Gasteiger partial charge in [-0.25, -0.2) is 0 Å². The van der Waals surface area contributed by atoms with Crippen molar-refractivity contribution in [2.75, 3.05) is 0 Å². The molecule has 1 aromatic heterocycles. The molecule has 0 aliphatic carbocycles. The molecule has 1 aromatic rings. The topological polar surface area (TPSA) is 68.0 Å². The van der Waals surface area contributed by atoms with Crippen LogP contribution in [0.5, 0.6) is 0 Å². The Morgan fingerprint density at radius 1 is 1.60 bits per heavy atom. The van der Waals surface area contributed by atoms with Crippen LogP contribution in [0.1, 0.15) is 25.5 Å². The van der Waals surface area contributed by atoms with Gasteiger partial charge in [-0.1, -0.05) is 19.4 Å². The summed E-state index contributed by atoms with van der Waals surface area (Å²) in [6.45, 7) is 2.45. The smallest absolute Gasteiger partial charge is 0.237 e. The summed E-state index contributed by atoms with van der Waals surface area (Å²) in [6, 6.07) is 5.19. The molecule has 4 nitrogen and oxygen atoms in total. The predicted molar refractivity (Wildman–Crippen MR) is 59.0 cm³/mol. The normalized spacial score (nSPS) is 12.1. The van der Waals surface area contributed by atoms with E-state index < -0.39 is 6.04 Å². The van der Waals surface area contributed by atoms with E-state index in [4.69, 9.17) is 5.73 Å². The molecule has 0 aliphatic heterocycles. The van der Waals surface area contributed by atoms with E-state index in [0.717, 1.165) is 12.1 Å². The molecule has 0 saturated heterocycles. The van der Waals surface area contributed by atoms with Crippen molar-refractivity contribution in [1.29, 1.82) is 0 Å². The molecule has 0 fully saturated rings. The molecule has 3 N–H and O–H groups in total. The highest BCUT2D eigenvalue weighted by molar-refractivity contribution is 5.81. The van der Waals surface area contributed by atoms with Crippen LogP contribution in [0.15, 0.2) is 24.4 Å². The van der Waals surface area contributed by atoms with Gasteiger partial charge in [0.25, 0.3) is 0 Å². The molecular weight excluding hydrogens is 190 g/mol. The fraction of sp³-hybridized carbons (Fsp3) is 0.455. The Balaban J connectivity index is 2.34. The van der Waals surface area contributed by atoms with Crippen molar-refractivity contribution < 1.29 is 4.79 Å². The summed E-state index contributed by atoms with van der Waals surface area (Å²) in [6.07, 6.45) is 3.33. The molecule has 0 aromatic carbocycles. The quantitative estimate of drug-likeness (QED) is 0.751. The van der Waals surface area contributed by atoms with Gasteiger partial charge in [0.2, 0.25) is 5.91 Å². The van der Waals surface area contributed by atoms with Gasteiger partial charge in [-0.3, -0.25) is 9.78 Å². The van der Waals surface area contributed by atoms with Crippen LogP contribution in [-0.2, 0) is 11.3 Å². The summed E-state index contributed by atoms with van der Waals surface area (Å²) in [5, 5.41) is 2.76. The molecule has 0 radical (unpaired) electrons. The molecule has 0 saturated carbocycles. The van der Waals surface area contributed by atoms with Crippen molar-refractivity contribution in [2.24, 2.45) is 5.73 Å². The number of hydrogen-bond donors (Lipinski definition) is 2. The van der Waals surface area contributed by atoms with E-state index in [1.807, 2.05) is 25.1 Å². The third kappa shape index (κ3) is 4.08. The molecule has 1 unspecified atom stereocenters. The summed E-state index contributed by atoms with van der Waals surface area (Å²) >= 11 is 0. The number of aromatic nitrogens is 1. The Morgan fingerprint density at radius 2 is 2.40 bits per heavy atom. The summed E-state index contributed by atoms with van der Waals surface area (Å²) in [4.78, 5) is 15.5. The van der Waals surface area contributed by atoms with Gasteiger partial charge in [0.1, 0.15) is 0 Å². The average molecular weight is 207 g/mol. The van der Waals surface area contributed by atoms with Gasteiger partial charge in [0.05, 0.1) is 18.3 Å². The molecule has 0 spiro atoms. The fourth-order valence-corrected chi connectivity index (χ4v) is 1.25. The number of carbonyl (C=O) groups excluding carboxylic acids is 1. The first-order valence-corrected chi connectivity index (χ1v) is 5.17. The Labute approximate surface area is 89.9 Å². The van der Waals surface area contributed by atoms with E-state index in [1.165, 1.54) is 0 Å². The van der Waals surface area contributed by atoms with Crippen LogP contribution < -0.4 is 11.1 Å². The molecule has 1 atom stereocenters. The van der Waals surface area contributed by atoms with E-state index in [2.05, 4.69) is 10.3 Å². The lowest BCUT2D eigenvalue weighted by Crippen LogP contribution is -2.40. The highest BCUT2D eigenvalue weighted by atomic mass is 16.2. The van der Waals surface area contributed by atoms with Crippen LogP contribution in [0.3, 0.4) is 0 Å². The third-order valence-electron chi connectivity index (χ3n) is 2.11. The first-order chi connectivity index (χ1) is 7.24. The Morgan fingerprint density at radius 3 is 3.00 bits per heavy atom. The summed E-state index contributed by atoms with van der Waals surface area (Å²) in [5.74, 6) is -0.109. The number of carbonyl (C=O) groups is 1. The summed E-state index contributed by atoms with van der Waals surface area (Å²) < 4.78 is 0. The fourth-order valence-electron chi connectivity index (χ4n) is 1.25. The van der Waals surface area contributed by atoms with E-state index >= 15 is 0 Å². The highest BCUT2D eigenvalue weighted by Crippen LogP contribution is 1.95. The molecule has 0 bridgehead atoms. The van der Waals surface area contributed by atoms with E-state index in [9.17, 15) is 4.79 Å². The number of nitrogens with two attached hydrogens (primary N) is 1. The lowest BCUT2D eigenvalue weighted by atomic mass is 10.1. The minimum atomic E-state index is -0.404. The monoisotopic (exact) mass is 207 g/mol. The van der Waals surface area contributed by atoms with Crippen LogP contribution in [0, 0.1) is 0 Å². The van der Waals surface area contributed by atoms with Crippen molar-refractivity contribution in [1.82, 2.24) is 10.3 Å². The molecule has 1 heterocycles. The maximum Gasteiger partial charge on any atom is 0.237 e. The first kappa shape index (κ1) is 11.7. The molecule has 4 heteroatoms. The minimum absolute atomic E-state index is 0.109. The van der Waals surface area contributed by atoms with E-state index in [-0.39, 0.29) is 5.91 Å². The standard InChI is InChI=1S/C11H17N3O/c1-2-5-10(12)11(15)14-8-9-6-3-4-7-13-9/h3-4,6-7,10H,2,5,8,12H2,1H3,(H,14,15). The number of rotatable bonds is 5. The molecular formula is C11H17N3O. The van der Waals surface area contributed by atoms with Crippen LogP contribution in [0.25, 0.3) is 0 Å². The second-order valence-electron chi connectivity index (χ2n) is 3.43. The second-order valence-corrected chi connectivity index (χ2v) is 3.43. The summed E-state index contributed by atoms with van der Waals surface area (Å²) in [5.41, 5.74) is 6.50.